The van der Waals surface area contributed by atoms with E-state index in [9.17, 15) is 0 Å². The van der Waals surface area contributed by atoms with Crippen LogP contribution in [0.3, 0.4) is 0 Å². The first-order chi connectivity index (χ1) is 5.20. The van der Waals surface area contributed by atoms with E-state index in [1.165, 1.54) is 5.57 Å². The van der Waals surface area contributed by atoms with Gasteiger partial charge in [0.1, 0.15) is 0 Å². The maximum absolute atomic E-state index is 4.29. The normalized spacial score (nSPS) is 17.8. The molecule has 0 saturated carbocycles. The van der Waals surface area contributed by atoms with E-state index in [1.807, 2.05) is 13.1 Å². The van der Waals surface area contributed by atoms with Gasteiger partial charge in [-0.2, -0.15) is 0 Å². The van der Waals surface area contributed by atoms with Crippen LogP contribution in [0.15, 0.2) is 28.4 Å². The highest BCUT2D eigenvalue weighted by molar-refractivity contribution is 5.80. The maximum Gasteiger partial charge on any atom is 0.0336 e. The fourth-order valence-corrected chi connectivity index (χ4v) is 1.03. The van der Waals surface area contributed by atoms with Crippen molar-refractivity contribution in [2.75, 3.05) is 0 Å². The van der Waals surface area contributed by atoms with Crippen LogP contribution in [0.5, 0.6) is 0 Å². The van der Waals surface area contributed by atoms with Crippen molar-refractivity contribution < 1.29 is 0 Å². The lowest BCUT2D eigenvalue weighted by atomic mass is 10.0. The van der Waals surface area contributed by atoms with E-state index in [-0.39, 0.29) is 0 Å². The third-order valence-electron chi connectivity index (χ3n) is 1.85. The highest BCUT2D eigenvalue weighted by atomic mass is 14.7. The first kappa shape index (κ1) is 8.25. The zero-order valence-electron chi connectivity index (χ0n) is 7.46. The van der Waals surface area contributed by atoms with Gasteiger partial charge >= 0.3 is 0 Å². The molecule has 1 nitrogen and oxygen atoms in total. The van der Waals surface area contributed by atoms with Crippen LogP contribution in [0.1, 0.15) is 27.2 Å². The molecule has 1 aliphatic heterocycles. The summed E-state index contributed by atoms with van der Waals surface area (Å²) < 4.78 is 0. The van der Waals surface area contributed by atoms with Gasteiger partial charge in [0.05, 0.1) is 0 Å². The minimum absolute atomic E-state index is 0.595. The smallest absolute Gasteiger partial charge is 0.0336 e. The fourth-order valence-electron chi connectivity index (χ4n) is 1.03. The molecule has 1 heteroatoms. The Labute approximate surface area is 68.5 Å². The summed E-state index contributed by atoms with van der Waals surface area (Å²) in [7, 11) is 0. The molecule has 0 amide bonds. The summed E-state index contributed by atoms with van der Waals surface area (Å²) in [6.45, 7) is 6.42. The Morgan fingerprint density at radius 1 is 1.36 bits per heavy atom. The first-order valence-corrected chi connectivity index (χ1v) is 4.11. The van der Waals surface area contributed by atoms with Crippen LogP contribution < -0.4 is 0 Å². The van der Waals surface area contributed by atoms with Crippen LogP contribution in [0.4, 0.5) is 0 Å². The van der Waals surface area contributed by atoms with E-state index in [0.717, 1.165) is 12.1 Å². The lowest BCUT2D eigenvalue weighted by Crippen LogP contribution is -1.94. The Hall–Kier alpha value is -0.850. The lowest BCUT2D eigenvalue weighted by Gasteiger charge is -2.02. The molecule has 0 aromatic carbocycles. The molecule has 1 aliphatic rings. The largest absolute Gasteiger partial charge is 0.262 e. The SMILES string of the molecule is CC1=CCC=C(C(C)C)C=N1. The molecule has 1 rings (SSSR count). The molecule has 60 valence electrons. The summed E-state index contributed by atoms with van der Waals surface area (Å²) >= 11 is 0. The van der Waals surface area contributed by atoms with Crippen LogP contribution in [-0.4, -0.2) is 6.21 Å². The van der Waals surface area contributed by atoms with Gasteiger partial charge in [0, 0.05) is 11.9 Å². The van der Waals surface area contributed by atoms with Crippen molar-refractivity contribution in [3.8, 4) is 0 Å². The molecule has 0 radical (unpaired) electrons. The summed E-state index contributed by atoms with van der Waals surface area (Å²) in [6.07, 6.45) is 7.39. The van der Waals surface area contributed by atoms with Gasteiger partial charge in [-0.3, -0.25) is 4.99 Å². The van der Waals surface area contributed by atoms with Crippen molar-refractivity contribution in [1.29, 1.82) is 0 Å². The number of hydrogen-bond acceptors (Lipinski definition) is 1. The zero-order chi connectivity index (χ0) is 8.27. The number of allylic oxidation sites excluding steroid dienone is 4. The summed E-state index contributed by atoms with van der Waals surface area (Å²) in [6, 6.07) is 0. The molecule has 0 saturated heterocycles. The Bertz CT molecular complexity index is 219. The van der Waals surface area contributed by atoms with Gasteiger partial charge < -0.3 is 0 Å². The summed E-state index contributed by atoms with van der Waals surface area (Å²) in [5, 5.41) is 0. The molecule has 0 spiro atoms. The van der Waals surface area contributed by atoms with Crippen molar-refractivity contribution in [3.63, 3.8) is 0 Å². The molecular formula is C10H15N. The van der Waals surface area contributed by atoms with Gasteiger partial charge in [-0.25, -0.2) is 0 Å². The number of aliphatic imine (C=N–C) groups is 1. The molecule has 0 N–H and O–H groups in total. The van der Waals surface area contributed by atoms with Crippen molar-refractivity contribution in [1.82, 2.24) is 0 Å². The Kier molecular flexibility index (Phi) is 2.64. The first-order valence-electron chi connectivity index (χ1n) is 4.11. The van der Waals surface area contributed by atoms with Crippen molar-refractivity contribution in [2.45, 2.75) is 27.2 Å². The number of hydrogen-bond donors (Lipinski definition) is 0. The van der Waals surface area contributed by atoms with Crippen LogP contribution in [0.2, 0.25) is 0 Å². The second-order valence-electron chi connectivity index (χ2n) is 3.20. The van der Waals surface area contributed by atoms with E-state index in [2.05, 4.69) is 31.0 Å². The highest BCUT2D eigenvalue weighted by Gasteiger charge is 2.00. The number of rotatable bonds is 1. The second-order valence-corrected chi connectivity index (χ2v) is 3.20. The summed E-state index contributed by atoms with van der Waals surface area (Å²) in [4.78, 5) is 4.29. The van der Waals surface area contributed by atoms with E-state index in [1.54, 1.807) is 0 Å². The third kappa shape index (κ3) is 2.34. The molecule has 0 aliphatic carbocycles. The average Bonchev–Trinajstić information content (AvgIpc) is 2.13. The van der Waals surface area contributed by atoms with E-state index in [0.29, 0.717) is 5.92 Å². The molecular weight excluding hydrogens is 134 g/mol. The second kappa shape index (κ2) is 3.51. The molecule has 11 heavy (non-hydrogen) atoms. The van der Waals surface area contributed by atoms with Gasteiger partial charge in [0.15, 0.2) is 0 Å². The van der Waals surface area contributed by atoms with Crippen LogP contribution in [0, 0.1) is 5.92 Å². The minimum atomic E-state index is 0.595. The topological polar surface area (TPSA) is 12.4 Å². The summed E-state index contributed by atoms with van der Waals surface area (Å²) in [5.41, 5.74) is 2.47. The van der Waals surface area contributed by atoms with Gasteiger partial charge in [-0.15, -0.1) is 0 Å². The molecule has 0 fully saturated rings. The number of nitrogens with zero attached hydrogens (tertiary/aromatic N) is 1. The van der Waals surface area contributed by atoms with Crippen LogP contribution in [-0.2, 0) is 0 Å². The van der Waals surface area contributed by atoms with Gasteiger partial charge in [0.2, 0.25) is 0 Å². The standard InChI is InChI=1S/C10H15N/c1-8(2)10-6-4-5-9(3)11-7-10/h5-8H,4H2,1-3H3. The molecule has 0 bridgehead atoms. The molecule has 0 aromatic heterocycles. The molecule has 0 atom stereocenters. The van der Waals surface area contributed by atoms with E-state index in [4.69, 9.17) is 0 Å². The Morgan fingerprint density at radius 2 is 2.09 bits per heavy atom. The van der Waals surface area contributed by atoms with Gasteiger partial charge in [-0.1, -0.05) is 26.0 Å². The summed E-state index contributed by atoms with van der Waals surface area (Å²) in [5.74, 6) is 0.595. The quantitative estimate of drug-likeness (QED) is 0.543. The fraction of sp³-hybridized carbons (Fsp3) is 0.500. The maximum atomic E-state index is 4.29. The van der Waals surface area contributed by atoms with Crippen molar-refractivity contribution in [3.05, 3.63) is 23.4 Å². The Balaban J connectivity index is 2.74. The van der Waals surface area contributed by atoms with Crippen LogP contribution in [0.25, 0.3) is 0 Å². The monoisotopic (exact) mass is 149 g/mol. The molecule has 0 unspecified atom stereocenters. The predicted octanol–water partition coefficient (Wildman–Crippen LogP) is 2.95. The highest BCUT2D eigenvalue weighted by Crippen LogP contribution is 2.12. The van der Waals surface area contributed by atoms with E-state index < -0.39 is 0 Å². The zero-order valence-corrected chi connectivity index (χ0v) is 7.46. The predicted molar refractivity (Wildman–Crippen MR) is 49.8 cm³/mol. The lowest BCUT2D eigenvalue weighted by molar-refractivity contribution is 0.803. The Morgan fingerprint density at radius 3 is 2.73 bits per heavy atom. The molecule has 0 aromatic rings. The average molecular weight is 149 g/mol. The third-order valence-corrected chi connectivity index (χ3v) is 1.85. The minimum Gasteiger partial charge on any atom is -0.262 e. The van der Waals surface area contributed by atoms with Crippen molar-refractivity contribution in [2.24, 2.45) is 10.9 Å². The van der Waals surface area contributed by atoms with Crippen LogP contribution >= 0.6 is 0 Å². The van der Waals surface area contributed by atoms with Gasteiger partial charge in [0.25, 0.3) is 0 Å². The van der Waals surface area contributed by atoms with Crippen molar-refractivity contribution >= 4 is 6.21 Å². The molecule has 1 heterocycles. The van der Waals surface area contributed by atoms with Gasteiger partial charge in [-0.05, 0) is 24.8 Å². The van der Waals surface area contributed by atoms with E-state index >= 15 is 0 Å².